The highest BCUT2D eigenvalue weighted by atomic mass is 16.2. The fourth-order valence-electron chi connectivity index (χ4n) is 6.31. The number of hydrogen-bond donors (Lipinski definition) is 0. The highest BCUT2D eigenvalue weighted by molar-refractivity contribution is 5.86. The number of likely N-dealkylation sites (tertiary alicyclic amines) is 1. The number of aromatic nitrogens is 2. The third kappa shape index (κ3) is 3.13. The van der Waals surface area contributed by atoms with E-state index in [1.807, 2.05) is 10.6 Å². The van der Waals surface area contributed by atoms with Gasteiger partial charge in [0.1, 0.15) is 0 Å². The first-order valence-electron chi connectivity index (χ1n) is 11.8. The van der Waals surface area contributed by atoms with Crippen LogP contribution in [0.15, 0.2) is 47.3 Å². The maximum atomic E-state index is 13.3. The first-order valence-corrected chi connectivity index (χ1v) is 11.8. The van der Waals surface area contributed by atoms with E-state index in [1.165, 1.54) is 35.0 Å². The molecule has 1 aromatic carbocycles. The van der Waals surface area contributed by atoms with Crippen molar-refractivity contribution in [2.24, 2.45) is 5.92 Å². The van der Waals surface area contributed by atoms with Crippen molar-refractivity contribution in [3.63, 3.8) is 0 Å². The Labute approximate surface area is 182 Å². The number of piperidine rings is 1. The molecule has 31 heavy (non-hydrogen) atoms. The predicted molar refractivity (Wildman–Crippen MR) is 121 cm³/mol. The molecular formula is C26H29N3O2. The van der Waals surface area contributed by atoms with Crippen molar-refractivity contribution < 1.29 is 4.79 Å². The summed E-state index contributed by atoms with van der Waals surface area (Å²) in [6.45, 7) is 3.02. The van der Waals surface area contributed by atoms with Gasteiger partial charge in [-0.15, -0.1) is 0 Å². The molecule has 2 atom stereocenters. The Morgan fingerprint density at radius 2 is 1.84 bits per heavy atom. The zero-order valence-electron chi connectivity index (χ0n) is 17.9. The Balaban J connectivity index is 1.22. The van der Waals surface area contributed by atoms with Gasteiger partial charge in [0.2, 0.25) is 5.91 Å². The van der Waals surface area contributed by atoms with Crippen LogP contribution in [0.2, 0.25) is 0 Å². The molecule has 2 aliphatic heterocycles. The van der Waals surface area contributed by atoms with Crippen LogP contribution in [0.1, 0.15) is 48.6 Å². The molecule has 0 unspecified atom stereocenters. The summed E-state index contributed by atoms with van der Waals surface area (Å²) >= 11 is 0. The van der Waals surface area contributed by atoms with E-state index in [0.29, 0.717) is 12.3 Å². The Bertz CT molecular complexity index is 1220. The molecule has 6 rings (SSSR count). The molecule has 160 valence electrons. The van der Waals surface area contributed by atoms with Gasteiger partial charge in [0.05, 0.1) is 0 Å². The van der Waals surface area contributed by atoms with Crippen molar-refractivity contribution in [3.05, 3.63) is 69.8 Å². The predicted octanol–water partition coefficient (Wildman–Crippen LogP) is 3.72. The van der Waals surface area contributed by atoms with Crippen LogP contribution >= 0.6 is 0 Å². The topological polar surface area (TPSA) is 47.2 Å². The fraction of sp³-hybridized carbons (Fsp3) is 0.462. The number of para-hydroxylation sites is 1. The summed E-state index contributed by atoms with van der Waals surface area (Å²) in [4.78, 5) is 27.6. The normalized spacial score (nSPS) is 22.3. The average molecular weight is 416 g/mol. The summed E-state index contributed by atoms with van der Waals surface area (Å²) in [5.74, 6) is 0.921. The molecule has 2 aromatic heterocycles. The van der Waals surface area contributed by atoms with Crippen LogP contribution in [0, 0.1) is 5.92 Å². The van der Waals surface area contributed by atoms with Gasteiger partial charge in [-0.05, 0) is 55.7 Å². The van der Waals surface area contributed by atoms with Gasteiger partial charge in [-0.3, -0.25) is 9.59 Å². The fourth-order valence-corrected chi connectivity index (χ4v) is 6.31. The second-order valence-corrected chi connectivity index (χ2v) is 9.55. The molecule has 1 amide bonds. The molecular weight excluding hydrogens is 386 g/mol. The maximum Gasteiger partial charge on any atom is 0.250 e. The Hall–Kier alpha value is -2.82. The number of fused-ring (bicyclic) bond motifs is 7. The first-order chi connectivity index (χ1) is 15.2. The van der Waals surface area contributed by atoms with Crippen LogP contribution in [0.5, 0.6) is 0 Å². The molecule has 4 heterocycles. The minimum absolute atomic E-state index is 0.0937. The van der Waals surface area contributed by atoms with E-state index in [9.17, 15) is 9.59 Å². The van der Waals surface area contributed by atoms with Gasteiger partial charge in [0, 0.05) is 66.9 Å². The number of carbonyl (C=O) groups excluding carboxylic acids is 1. The third-order valence-electron chi connectivity index (χ3n) is 7.67. The number of amides is 1. The van der Waals surface area contributed by atoms with E-state index in [1.54, 1.807) is 6.07 Å². The van der Waals surface area contributed by atoms with Gasteiger partial charge in [0.15, 0.2) is 0 Å². The van der Waals surface area contributed by atoms with Crippen LogP contribution in [0.4, 0.5) is 0 Å². The summed E-state index contributed by atoms with van der Waals surface area (Å²) in [5, 5.41) is 1.37. The molecule has 0 radical (unpaired) electrons. The maximum absolute atomic E-state index is 13.3. The van der Waals surface area contributed by atoms with Crippen molar-refractivity contribution in [2.75, 3.05) is 13.1 Å². The summed E-state index contributed by atoms with van der Waals surface area (Å²) in [6, 6.07) is 14.3. The minimum Gasteiger partial charge on any atom is -0.344 e. The number of carbonyl (C=O) groups is 1. The summed E-state index contributed by atoms with van der Waals surface area (Å²) in [7, 11) is 0. The lowest BCUT2D eigenvalue weighted by atomic mass is 9.83. The lowest BCUT2D eigenvalue weighted by Crippen LogP contribution is -2.49. The van der Waals surface area contributed by atoms with Crippen molar-refractivity contribution >= 4 is 16.8 Å². The average Bonchev–Trinajstić information content (AvgIpc) is 3.12. The molecule has 2 bridgehead atoms. The van der Waals surface area contributed by atoms with E-state index < -0.39 is 0 Å². The summed E-state index contributed by atoms with van der Waals surface area (Å²) in [6.07, 6.45) is 6.42. The first kappa shape index (κ1) is 18.9. The zero-order chi connectivity index (χ0) is 20.9. The number of aryl methyl sites for hydroxylation is 2. The lowest BCUT2D eigenvalue weighted by Gasteiger charge is -2.42. The van der Waals surface area contributed by atoms with Crippen LogP contribution in [0.3, 0.4) is 0 Å². The van der Waals surface area contributed by atoms with Crippen molar-refractivity contribution in [3.8, 4) is 0 Å². The monoisotopic (exact) mass is 415 g/mol. The van der Waals surface area contributed by atoms with Crippen LogP contribution in [0.25, 0.3) is 10.9 Å². The molecule has 5 nitrogen and oxygen atoms in total. The number of pyridine rings is 1. The summed E-state index contributed by atoms with van der Waals surface area (Å²) in [5.41, 5.74) is 5.43. The van der Waals surface area contributed by atoms with Crippen LogP contribution in [-0.4, -0.2) is 33.0 Å². The third-order valence-corrected chi connectivity index (χ3v) is 7.67. The highest BCUT2D eigenvalue weighted by Gasteiger charge is 2.36. The molecule has 1 saturated heterocycles. The molecule has 1 aliphatic carbocycles. The van der Waals surface area contributed by atoms with Gasteiger partial charge >= 0.3 is 0 Å². The molecule has 0 N–H and O–H groups in total. The molecule has 0 saturated carbocycles. The van der Waals surface area contributed by atoms with Gasteiger partial charge in [-0.25, -0.2) is 0 Å². The van der Waals surface area contributed by atoms with Crippen LogP contribution < -0.4 is 5.56 Å². The largest absolute Gasteiger partial charge is 0.344 e. The van der Waals surface area contributed by atoms with Gasteiger partial charge < -0.3 is 14.0 Å². The Morgan fingerprint density at radius 1 is 0.968 bits per heavy atom. The molecule has 3 aromatic rings. The number of hydrogen-bond acceptors (Lipinski definition) is 2. The summed E-state index contributed by atoms with van der Waals surface area (Å²) < 4.78 is 4.35. The van der Waals surface area contributed by atoms with Crippen LogP contribution in [-0.2, 0) is 30.7 Å². The van der Waals surface area contributed by atoms with E-state index in [2.05, 4.69) is 39.8 Å². The minimum atomic E-state index is 0.0937. The number of benzene rings is 1. The molecule has 5 heteroatoms. The molecule has 1 fully saturated rings. The van der Waals surface area contributed by atoms with Crippen molar-refractivity contribution in [1.29, 1.82) is 0 Å². The SMILES string of the molecule is O=C(CCn1c2c(c3ccccc31)CCCC2)N1C[C@H]2C[C@H](C1)c1cccc(=O)n1C2. The van der Waals surface area contributed by atoms with Gasteiger partial charge in [0.25, 0.3) is 5.56 Å². The number of rotatable bonds is 3. The second-order valence-electron chi connectivity index (χ2n) is 9.55. The van der Waals surface area contributed by atoms with Crippen molar-refractivity contribution in [1.82, 2.24) is 14.0 Å². The van der Waals surface area contributed by atoms with E-state index in [4.69, 9.17) is 0 Å². The Morgan fingerprint density at radius 3 is 2.77 bits per heavy atom. The van der Waals surface area contributed by atoms with Crippen molar-refractivity contribution in [2.45, 2.75) is 57.5 Å². The van der Waals surface area contributed by atoms with Gasteiger partial charge in [-0.1, -0.05) is 24.3 Å². The van der Waals surface area contributed by atoms with E-state index in [-0.39, 0.29) is 17.4 Å². The molecule has 3 aliphatic rings. The van der Waals surface area contributed by atoms with E-state index in [0.717, 1.165) is 51.1 Å². The Kier molecular flexibility index (Phi) is 4.51. The van der Waals surface area contributed by atoms with E-state index >= 15 is 0 Å². The standard InChI is InChI=1S/C26H29N3O2/c30-25(27-15-18-14-19(17-27)22-10-5-11-26(31)29(22)16-18)12-13-28-23-8-3-1-6-20(23)21-7-2-4-9-24(21)28/h1,3,5-6,8,10-11,18-19H,2,4,7,9,12-17H2/t18-,19-/m1/s1. The smallest absolute Gasteiger partial charge is 0.250 e. The zero-order valence-corrected chi connectivity index (χ0v) is 17.9. The van der Waals surface area contributed by atoms with Gasteiger partial charge in [-0.2, -0.15) is 0 Å². The highest BCUT2D eigenvalue weighted by Crippen LogP contribution is 2.36. The molecule has 0 spiro atoms. The number of nitrogens with zero attached hydrogens (tertiary/aromatic N) is 3. The second kappa shape index (κ2) is 7.40. The lowest BCUT2D eigenvalue weighted by molar-refractivity contribution is -0.134. The quantitative estimate of drug-likeness (QED) is 0.655.